The molecule has 0 aliphatic carbocycles. The average molecular weight is 506 g/mol. The van der Waals surface area contributed by atoms with Crippen LogP contribution in [0.4, 0.5) is 4.79 Å². The summed E-state index contributed by atoms with van der Waals surface area (Å²) in [5.74, 6) is 1.50. The maximum Gasteiger partial charge on any atom is 0.409 e. The Balaban J connectivity index is 0.00000392. The highest BCUT2D eigenvalue weighted by atomic mass is 127. The Bertz CT molecular complexity index is 619. The van der Waals surface area contributed by atoms with Crippen molar-refractivity contribution in [2.75, 3.05) is 53.0 Å². The minimum absolute atomic E-state index is 0. The van der Waals surface area contributed by atoms with Crippen molar-refractivity contribution in [3.63, 3.8) is 0 Å². The van der Waals surface area contributed by atoms with Crippen LogP contribution >= 0.6 is 24.0 Å². The molecule has 1 amide bonds. The van der Waals surface area contributed by atoms with Gasteiger partial charge in [0.25, 0.3) is 0 Å². The van der Waals surface area contributed by atoms with Crippen molar-refractivity contribution in [1.82, 2.24) is 15.1 Å². The largest absolute Gasteiger partial charge is 0.497 e. The fourth-order valence-corrected chi connectivity index (χ4v) is 2.85. The highest BCUT2D eigenvalue weighted by molar-refractivity contribution is 14.0. The van der Waals surface area contributed by atoms with Crippen LogP contribution in [0.25, 0.3) is 0 Å². The fraction of sp³-hybridized carbons (Fsp3) is 0.579. The summed E-state index contributed by atoms with van der Waals surface area (Å²) in [5, 5.41) is 13.7. The molecule has 0 spiro atoms. The zero-order valence-electron chi connectivity index (χ0n) is 16.8. The van der Waals surface area contributed by atoms with E-state index in [9.17, 15) is 9.90 Å². The molecule has 1 heterocycles. The lowest BCUT2D eigenvalue weighted by molar-refractivity contribution is 0.0914. The van der Waals surface area contributed by atoms with Crippen molar-refractivity contribution in [1.29, 1.82) is 0 Å². The number of aliphatic hydroxyl groups excluding tert-OH is 1. The number of ether oxygens (including phenoxy) is 2. The number of amides is 1. The number of rotatable bonds is 6. The van der Waals surface area contributed by atoms with E-state index in [1.165, 1.54) is 0 Å². The van der Waals surface area contributed by atoms with E-state index in [1.807, 2.05) is 31.2 Å². The van der Waals surface area contributed by atoms with Crippen LogP contribution in [-0.4, -0.2) is 79.9 Å². The molecular formula is C19H31IN4O4. The number of aliphatic imine (C=N–C) groups is 1. The molecule has 2 rings (SSSR count). The first kappa shape index (κ1) is 24.3. The van der Waals surface area contributed by atoms with E-state index < -0.39 is 6.10 Å². The van der Waals surface area contributed by atoms with E-state index in [-0.39, 0.29) is 36.6 Å². The third-order valence-electron chi connectivity index (χ3n) is 4.35. The van der Waals surface area contributed by atoms with Crippen LogP contribution < -0.4 is 10.1 Å². The lowest BCUT2D eigenvalue weighted by Gasteiger charge is -2.36. The van der Waals surface area contributed by atoms with E-state index >= 15 is 0 Å². The lowest BCUT2D eigenvalue weighted by atomic mass is 10.1. The van der Waals surface area contributed by atoms with Crippen molar-refractivity contribution in [2.45, 2.75) is 20.0 Å². The van der Waals surface area contributed by atoms with Gasteiger partial charge in [-0.3, -0.25) is 4.99 Å². The van der Waals surface area contributed by atoms with Crippen LogP contribution in [-0.2, 0) is 4.74 Å². The molecule has 1 aliphatic heterocycles. The molecule has 28 heavy (non-hydrogen) atoms. The van der Waals surface area contributed by atoms with Crippen molar-refractivity contribution in [2.24, 2.45) is 4.99 Å². The Labute approximate surface area is 183 Å². The van der Waals surface area contributed by atoms with Gasteiger partial charge in [0.1, 0.15) is 5.75 Å². The molecule has 1 aromatic rings. The first-order valence-electron chi connectivity index (χ1n) is 9.36. The van der Waals surface area contributed by atoms with Gasteiger partial charge >= 0.3 is 6.09 Å². The topological polar surface area (TPSA) is 86.6 Å². The van der Waals surface area contributed by atoms with Crippen molar-refractivity contribution in [3.05, 3.63) is 29.8 Å². The molecule has 0 saturated carbocycles. The number of hydrogen-bond donors (Lipinski definition) is 2. The van der Waals surface area contributed by atoms with Gasteiger partial charge in [0.2, 0.25) is 0 Å². The van der Waals surface area contributed by atoms with E-state index in [4.69, 9.17) is 9.47 Å². The van der Waals surface area contributed by atoms with Gasteiger partial charge in [0.15, 0.2) is 5.96 Å². The summed E-state index contributed by atoms with van der Waals surface area (Å²) in [5.41, 5.74) is 0.794. The number of benzene rings is 1. The van der Waals surface area contributed by atoms with Gasteiger partial charge in [-0.05, 0) is 31.5 Å². The Morgan fingerprint density at radius 3 is 2.32 bits per heavy atom. The van der Waals surface area contributed by atoms with Gasteiger partial charge in [-0.25, -0.2) is 4.79 Å². The van der Waals surface area contributed by atoms with Crippen LogP contribution in [0.2, 0.25) is 0 Å². The molecule has 158 valence electrons. The quantitative estimate of drug-likeness (QED) is 0.349. The molecule has 1 saturated heterocycles. The van der Waals surface area contributed by atoms with Gasteiger partial charge in [0, 0.05) is 32.7 Å². The molecule has 1 fully saturated rings. The van der Waals surface area contributed by atoms with Gasteiger partial charge < -0.3 is 29.7 Å². The molecule has 0 aromatic heterocycles. The molecule has 1 aromatic carbocycles. The highest BCUT2D eigenvalue weighted by Crippen LogP contribution is 2.18. The smallest absolute Gasteiger partial charge is 0.409 e. The Morgan fingerprint density at radius 2 is 1.79 bits per heavy atom. The number of piperazine rings is 1. The number of carbonyl (C=O) groups is 1. The average Bonchev–Trinajstić information content (AvgIpc) is 2.71. The third kappa shape index (κ3) is 7.01. The third-order valence-corrected chi connectivity index (χ3v) is 4.35. The fourth-order valence-electron chi connectivity index (χ4n) is 2.85. The number of guanidine groups is 1. The predicted octanol–water partition coefficient (Wildman–Crippen LogP) is 2.09. The number of halogens is 1. The number of nitrogens with one attached hydrogen (secondary N) is 1. The van der Waals surface area contributed by atoms with Crippen molar-refractivity contribution < 1.29 is 19.4 Å². The molecule has 2 N–H and O–H groups in total. The SMILES string of the molecule is CCNC(=NCC(O)c1ccc(OC)cc1)N1CCN(C(=O)OCC)CC1.I. The summed E-state index contributed by atoms with van der Waals surface area (Å²) in [6.45, 7) is 7.69. The van der Waals surface area contributed by atoms with Gasteiger partial charge in [-0.15, -0.1) is 24.0 Å². The van der Waals surface area contributed by atoms with Crippen molar-refractivity contribution in [3.8, 4) is 5.75 Å². The van der Waals surface area contributed by atoms with Gasteiger partial charge in [-0.2, -0.15) is 0 Å². The van der Waals surface area contributed by atoms with E-state index in [0.717, 1.165) is 23.8 Å². The van der Waals surface area contributed by atoms with Crippen molar-refractivity contribution >= 4 is 36.0 Å². The molecule has 1 atom stereocenters. The maximum absolute atomic E-state index is 11.8. The molecule has 0 radical (unpaired) electrons. The number of hydrogen-bond acceptors (Lipinski definition) is 5. The second-order valence-electron chi connectivity index (χ2n) is 6.16. The summed E-state index contributed by atoms with van der Waals surface area (Å²) in [7, 11) is 1.61. The molecule has 1 aliphatic rings. The zero-order chi connectivity index (χ0) is 19.6. The first-order chi connectivity index (χ1) is 13.1. The molecule has 8 nitrogen and oxygen atoms in total. The second kappa shape index (κ2) is 12.7. The Kier molecular flexibility index (Phi) is 11.0. The molecule has 9 heteroatoms. The lowest BCUT2D eigenvalue weighted by Crippen LogP contribution is -2.54. The van der Waals surface area contributed by atoms with E-state index in [2.05, 4.69) is 15.2 Å². The summed E-state index contributed by atoms with van der Waals surface area (Å²) in [6.07, 6.45) is -0.959. The summed E-state index contributed by atoms with van der Waals surface area (Å²) in [6, 6.07) is 7.32. The van der Waals surface area contributed by atoms with Gasteiger partial charge in [0.05, 0.1) is 26.4 Å². The number of carbonyl (C=O) groups excluding carboxylic acids is 1. The Morgan fingerprint density at radius 1 is 1.18 bits per heavy atom. The van der Waals surface area contributed by atoms with Crippen LogP contribution in [0.5, 0.6) is 5.75 Å². The first-order valence-corrected chi connectivity index (χ1v) is 9.36. The summed E-state index contributed by atoms with van der Waals surface area (Å²) >= 11 is 0. The summed E-state index contributed by atoms with van der Waals surface area (Å²) in [4.78, 5) is 20.2. The monoisotopic (exact) mass is 506 g/mol. The van der Waals surface area contributed by atoms with Crippen LogP contribution in [0, 0.1) is 0 Å². The maximum atomic E-state index is 11.8. The minimum atomic E-state index is -0.689. The standard InChI is InChI=1S/C19H30N4O4.HI/c1-4-20-18(22-10-12-23(13-11-22)19(25)27-5-2)21-14-17(24)15-6-8-16(26-3)9-7-15;/h6-9,17,24H,4-5,10-14H2,1-3H3,(H,20,21);1H. The van der Waals surface area contributed by atoms with Gasteiger partial charge in [-0.1, -0.05) is 12.1 Å². The molecule has 0 bridgehead atoms. The second-order valence-corrected chi connectivity index (χ2v) is 6.16. The number of nitrogens with zero attached hydrogens (tertiary/aromatic N) is 3. The van der Waals surface area contributed by atoms with Crippen LogP contribution in [0.15, 0.2) is 29.3 Å². The highest BCUT2D eigenvalue weighted by Gasteiger charge is 2.23. The van der Waals surface area contributed by atoms with Crippen LogP contribution in [0.3, 0.4) is 0 Å². The number of methoxy groups -OCH3 is 1. The zero-order valence-corrected chi connectivity index (χ0v) is 19.1. The van der Waals surface area contributed by atoms with E-state index in [0.29, 0.717) is 32.8 Å². The van der Waals surface area contributed by atoms with Crippen LogP contribution in [0.1, 0.15) is 25.5 Å². The Hall–Kier alpha value is -1.75. The normalized spacial score (nSPS) is 15.5. The molecular weight excluding hydrogens is 475 g/mol. The molecule has 1 unspecified atom stereocenters. The predicted molar refractivity (Wildman–Crippen MR) is 120 cm³/mol. The van der Waals surface area contributed by atoms with E-state index in [1.54, 1.807) is 18.9 Å². The summed E-state index contributed by atoms with van der Waals surface area (Å²) < 4.78 is 10.2. The number of aliphatic hydroxyl groups is 1. The minimum Gasteiger partial charge on any atom is -0.497 e.